The zero-order valence-corrected chi connectivity index (χ0v) is 75.9. The first-order valence-electron chi connectivity index (χ1n) is 46.8. The Morgan fingerprint density at radius 1 is 0.225 bits per heavy atom. The van der Waals surface area contributed by atoms with Gasteiger partial charge in [-0.3, -0.25) is 9.59 Å². The Kier molecular flexibility index (Phi) is 54.0. The third kappa shape index (κ3) is 45.6. The Morgan fingerprint density at radius 2 is 0.411 bits per heavy atom. The average molecular weight is 1780 g/mol. The third-order valence-electron chi connectivity index (χ3n) is 21.7. The van der Waals surface area contributed by atoms with Crippen LogP contribution in [0.3, 0.4) is 0 Å². The number of hydrogen-bond acceptors (Lipinski definition) is 22. The van der Waals surface area contributed by atoms with Gasteiger partial charge in [0.1, 0.15) is 46.0 Å². The summed E-state index contributed by atoms with van der Waals surface area (Å²) in [5, 5.41) is 0. The van der Waals surface area contributed by atoms with E-state index >= 15 is 0 Å². The number of rotatable bonds is 74. The fraction of sp³-hybridized carbons (Fsp3) is 0.486. The summed E-state index contributed by atoms with van der Waals surface area (Å²) in [6.07, 6.45) is 45.1. The lowest BCUT2D eigenvalue weighted by molar-refractivity contribution is -0.138. The minimum atomic E-state index is -0.931. The summed E-state index contributed by atoms with van der Waals surface area (Å²) in [6.45, 7) is 17.3. The molecule has 0 atom stereocenters. The number of aryl methyl sites for hydroxylation is 2. The van der Waals surface area contributed by atoms with E-state index in [0.29, 0.717) is 119 Å². The topological polar surface area (TPSA) is 333 Å². The van der Waals surface area contributed by atoms with E-state index in [9.17, 15) is 47.9 Å². The van der Waals surface area contributed by atoms with Gasteiger partial charge in [0.25, 0.3) is 11.8 Å². The van der Waals surface area contributed by atoms with Crippen molar-refractivity contribution in [2.24, 2.45) is 11.5 Å². The molecule has 0 unspecified atom stereocenters. The predicted molar refractivity (Wildman–Crippen MR) is 499 cm³/mol. The van der Waals surface area contributed by atoms with E-state index in [2.05, 4.69) is 26.3 Å². The molecule has 0 spiro atoms. The minimum absolute atomic E-state index is 0.00379. The fourth-order valence-corrected chi connectivity index (χ4v) is 14.4. The predicted octanol–water partition coefficient (Wildman–Crippen LogP) is 23.0. The van der Waals surface area contributed by atoms with Crippen LogP contribution in [0.15, 0.2) is 172 Å². The molecule has 700 valence electrons. The van der Waals surface area contributed by atoms with Gasteiger partial charge in [0.05, 0.1) is 86.2 Å². The van der Waals surface area contributed by atoms with Gasteiger partial charge in [-0.15, -0.1) is 0 Å². The van der Waals surface area contributed by atoms with E-state index in [-0.39, 0.29) is 69.2 Å². The van der Waals surface area contributed by atoms with Gasteiger partial charge in [-0.1, -0.05) is 225 Å². The Bertz CT molecular complexity index is 4110. The van der Waals surface area contributed by atoms with E-state index in [1.54, 1.807) is 109 Å². The summed E-state index contributed by atoms with van der Waals surface area (Å²) in [6, 6.07) is 31.9. The first kappa shape index (κ1) is 106. The summed E-state index contributed by atoms with van der Waals surface area (Å²) >= 11 is 0. The quantitative estimate of drug-likeness (QED) is 0.0118. The highest BCUT2D eigenvalue weighted by Gasteiger charge is 2.26. The zero-order chi connectivity index (χ0) is 92.5. The number of nitrogens with two attached hydrogens (primary N) is 2. The maximum Gasteiger partial charge on any atom is 0.343 e. The number of carbonyl (C=O) groups is 10. The number of amides is 2. The summed E-state index contributed by atoms with van der Waals surface area (Å²) in [4.78, 5) is 128. The Balaban J connectivity index is 1.10. The number of carbonyl (C=O) groups excluding carboxylic acids is 10. The van der Waals surface area contributed by atoms with Gasteiger partial charge in [0, 0.05) is 24.3 Å². The summed E-state index contributed by atoms with van der Waals surface area (Å²) in [7, 11) is 0. The van der Waals surface area contributed by atoms with Crippen LogP contribution in [0.1, 0.15) is 337 Å². The Labute approximate surface area is 763 Å². The molecule has 129 heavy (non-hydrogen) atoms. The average Bonchev–Trinajstić information content (AvgIpc) is 0.803. The second-order valence-electron chi connectivity index (χ2n) is 32.2. The molecular formula is C105H138N2O22. The summed E-state index contributed by atoms with van der Waals surface area (Å²) in [5.41, 5.74) is 13.3. The number of primary amides is 2. The molecule has 0 aromatic heterocycles. The van der Waals surface area contributed by atoms with Gasteiger partial charge in [0.2, 0.25) is 0 Å². The molecule has 0 saturated heterocycles. The SMILES string of the molecule is C=CC(=O)OCCCCCCCCCCCOc1ccc(C(=O)Oc2cc(CCCCCCCc3cc(OC(=O)c4ccc(OCCCCCCCCCCCOC(=O)C=C)cc4)cc(C(N)=O)c3OC(=O)c3ccc(OCCCCCCCCCCCOC(=O)C=C)cc3)c(OC(=O)c3ccc(OCCCCCCCCCCCOC(=O)C=C)cc3)c(C(N)=O)c2)cc1. The standard InChI is InChI=1S/C105H138N2O22/c1-5-94(108)122-72-46-36-25-17-9-13-21-32-42-68-118-86-60-52-80(53-61-86)102(114)126-90-76-84(98(92(78-90)100(106)112)128-104(116)82-56-64-88(65-57-82)120-70-44-34-23-15-11-19-27-38-48-74-124-96(110)7-3)50-40-30-29-31-41-51-85-77-91(127-103(115)81-54-62-87(63-55-81)119-69-43-33-22-14-10-18-26-37-47-73-123-95(109)6-2)79-93(101(107)113)99(85)129-105(117)83-58-66-89(67-59-83)121-71-45-35-24-16-12-20-28-39-49-75-125-97(111)8-4/h5-8,52-67,76-79H,1-4,9-51,68-75H2,(H2,106,112)(H2,107,113). The van der Waals surface area contributed by atoms with Crippen molar-refractivity contribution < 1.29 is 105 Å². The van der Waals surface area contributed by atoms with Gasteiger partial charge in [-0.2, -0.15) is 0 Å². The molecule has 24 heteroatoms. The number of esters is 8. The van der Waals surface area contributed by atoms with Crippen molar-refractivity contribution in [3.63, 3.8) is 0 Å². The molecule has 6 rings (SSSR count). The second kappa shape index (κ2) is 65.7. The van der Waals surface area contributed by atoms with E-state index in [1.807, 2.05) is 0 Å². The van der Waals surface area contributed by atoms with Gasteiger partial charge in [0.15, 0.2) is 0 Å². The third-order valence-corrected chi connectivity index (χ3v) is 21.7. The molecule has 24 nitrogen and oxygen atoms in total. The Hall–Kier alpha value is -11.8. The van der Waals surface area contributed by atoms with Crippen molar-refractivity contribution in [1.82, 2.24) is 0 Å². The van der Waals surface area contributed by atoms with Crippen molar-refractivity contribution in [2.45, 2.75) is 276 Å². The molecule has 4 N–H and O–H groups in total. The number of ether oxygens (including phenoxy) is 12. The number of unbranched alkanes of at least 4 members (excludes halogenated alkanes) is 36. The molecule has 0 bridgehead atoms. The van der Waals surface area contributed by atoms with Gasteiger partial charge in [-0.25, -0.2) is 38.4 Å². The molecule has 0 saturated carbocycles. The lowest BCUT2D eigenvalue weighted by atomic mass is 9.99. The molecule has 0 radical (unpaired) electrons. The maximum absolute atomic E-state index is 14.1. The van der Waals surface area contributed by atoms with Crippen molar-refractivity contribution in [3.05, 3.63) is 216 Å². The van der Waals surface area contributed by atoms with Crippen molar-refractivity contribution in [2.75, 3.05) is 52.9 Å². The monoisotopic (exact) mass is 1780 g/mol. The molecule has 0 fully saturated rings. The van der Waals surface area contributed by atoms with E-state index in [4.69, 9.17) is 68.3 Å². The molecule has 2 amide bonds. The fourth-order valence-electron chi connectivity index (χ4n) is 14.4. The Morgan fingerprint density at radius 3 is 0.612 bits per heavy atom. The van der Waals surface area contributed by atoms with E-state index in [1.165, 1.54) is 36.4 Å². The largest absolute Gasteiger partial charge is 0.494 e. The molecule has 6 aromatic carbocycles. The van der Waals surface area contributed by atoms with Crippen LogP contribution in [0.2, 0.25) is 0 Å². The van der Waals surface area contributed by atoms with Gasteiger partial charge < -0.3 is 68.3 Å². The van der Waals surface area contributed by atoms with Crippen LogP contribution in [-0.2, 0) is 51.0 Å². The molecule has 0 aliphatic rings. The van der Waals surface area contributed by atoms with Crippen LogP contribution in [0.5, 0.6) is 46.0 Å². The van der Waals surface area contributed by atoms with Gasteiger partial charge >= 0.3 is 47.8 Å². The van der Waals surface area contributed by atoms with E-state index in [0.717, 1.165) is 231 Å². The van der Waals surface area contributed by atoms with Crippen molar-refractivity contribution in [3.8, 4) is 46.0 Å². The van der Waals surface area contributed by atoms with E-state index < -0.39 is 59.6 Å². The minimum Gasteiger partial charge on any atom is -0.494 e. The van der Waals surface area contributed by atoms with Crippen LogP contribution in [0, 0.1) is 0 Å². The summed E-state index contributed by atoms with van der Waals surface area (Å²) in [5.74, 6) is -4.27. The summed E-state index contributed by atoms with van der Waals surface area (Å²) < 4.78 is 68.4. The highest BCUT2D eigenvalue weighted by molar-refractivity contribution is 6.01. The van der Waals surface area contributed by atoms with Crippen LogP contribution >= 0.6 is 0 Å². The smallest absolute Gasteiger partial charge is 0.343 e. The van der Waals surface area contributed by atoms with Crippen LogP contribution in [-0.4, -0.2) is 112 Å². The zero-order valence-electron chi connectivity index (χ0n) is 75.9. The molecule has 6 aromatic rings. The molecule has 0 heterocycles. The van der Waals surface area contributed by atoms with Gasteiger partial charge in [-0.05, 0) is 210 Å². The first-order chi connectivity index (χ1) is 62.9. The highest BCUT2D eigenvalue weighted by atomic mass is 16.6. The van der Waals surface area contributed by atoms with Crippen LogP contribution in [0.25, 0.3) is 0 Å². The number of hydrogen-bond donors (Lipinski definition) is 2. The lowest BCUT2D eigenvalue weighted by Gasteiger charge is -2.17. The molecule has 0 aliphatic heterocycles. The number of benzene rings is 6. The van der Waals surface area contributed by atoms with Crippen LogP contribution < -0.4 is 49.4 Å². The lowest BCUT2D eigenvalue weighted by Crippen LogP contribution is -2.18. The van der Waals surface area contributed by atoms with Crippen LogP contribution in [0.4, 0.5) is 0 Å². The second-order valence-corrected chi connectivity index (χ2v) is 32.2. The molecule has 0 aliphatic carbocycles. The normalized spacial score (nSPS) is 10.9. The molecular weight excluding hydrogens is 1640 g/mol. The van der Waals surface area contributed by atoms with Crippen molar-refractivity contribution in [1.29, 1.82) is 0 Å². The first-order valence-corrected chi connectivity index (χ1v) is 46.8. The highest BCUT2D eigenvalue weighted by Crippen LogP contribution is 2.36. The maximum atomic E-state index is 14.1. The van der Waals surface area contributed by atoms with Crippen molar-refractivity contribution >= 4 is 59.6 Å².